The van der Waals surface area contributed by atoms with E-state index in [4.69, 9.17) is 9.97 Å². The third-order valence-electron chi connectivity index (χ3n) is 13.2. The first-order chi connectivity index (χ1) is 31.2. The van der Waals surface area contributed by atoms with Crippen LogP contribution in [0, 0.1) is 0 Å². The van der Waals surface area contributed by atoms with Crippen molar-refractivity contribution in [2.45, 2.75) is 52.4 Å². The van der Waals surface area contributed by atoms with Gasteiger partial charge < -0.3 is 9.13 Å². The van der Waals surface area contributed by atoms with Crippen LogP contribution < -0.4 is 0 Å². The van der Waals surface area contributed by atoms with Crippen LogP contribution in [0.15, 0.2) is 194 Å². The van der Waals surface area contributed by atoms with Crippen LogP contribution in [0.25, 0.3) is 100 Å². The van der Waals surface area contributed by atoms with Gasteiger partial charge in [-0.3, -0.25) is 0 Å². The highest BCUT2D eigenvalue weighted by Gasteiger charge is 2.19. The number of para-hydroxylation sites is 2. The molecule has 0 saturated carbocycles. The molecule has 4 nitrogen and oxygen atoms in total. The van der Waals surface area contributed by atoms with Gasteiger partial charge in [-0.2, -0.15) is 0 Å². The summed E-state index contributed by atoms with van der Waals surface area (Å²) in [5, 5.41) is 4.96. The van der Waals surface area contributed by atoms with E-state index in [0.717, 1.165) is 46.0 Å². The molecular weight excluding hydrogens is 777 g/mol. The quantitative estimate of drug-likeness (QED) is 0.153. The predicted molar refractivity (Wildman–Crippen MR) is 270 cm³/mol. The first-order valence-corrected chi connectivity index (χ1v) is 22.6. The Hall–Kier alpha value is -7.56. The maximum absolute atomic E-state index is 5.13. The summed E-state index contributed by atoms with van der Waals surface area (Å²) in [6.07, 6.45) is 1.11. The van der Waals surface area contributed by atoms with Crippen molar-refractivity contribution in [3.63, 3.8) is 0 Å². The molecule has 0 radical (unpaired) electrons. The lowest BCUT2D eigenvalue weighted by atomic mass is 9.87. The zero-order valence-electron chi connectivity index (χ0n) is 37.0. The van der Waals surface area contributed by atoms with Crippen molar-refractivity contribution in [2.75, 3.05) is 0 Å². The molecule has 0 spiro atoms. The molecule has 8 aromatic carbocycles. The van der Waals surface area contributed by atoms with Gasteiger partial charge in [-0.1, -0.05) is 162 Å². The maximum Gasteiger partial charge on any atom is 0.160 e. The highest BCUT2D eigenvalue weighted by atomic mass is 15.0. The highest BCUT2D eigenvalue weighted by molar-refractivity contribution is 6.12. The lowest BCUT2D eigenvalue weighted by molar-refractivity contribution is 0.590. The van der Waals surface area contributed by atoms with Crippen LogP contribution in [0.1, 0.15) is 58.1 Å². The maximum atomic E-state index is 5.13. The van der Waals surface area contributed by atoms with Gasteiger partial charge in [0, 0.05) is 49.6 Å². The van der Waals surface area contributed by atoms with Crippen molar-refractivity contribution < 1.29 is 0 Å². The smallest absolute Gasteiger partial charge is 0.160 e. The van der Waals surface area contributed by atoms with E-state index in [9.17, 15) is 0 Å². The number of hydrogen-bond acceptors (Lipinski definition) is 2. The van der Waals surface area contributed by atoms with Crippen molar-refractivity contribution in [1.82, 2.24) is 19.1 Å². The third-order valence-corrected chi connectivity index (χ3v) is 13.2. The van der Waals surface area contributed by atoms with Gasteiger partial charge in [-0.15, -0.1) is 0 Å². The number of aromatic nitrogens is 4. The Kier molecular flexibility index (Phi) is 9.61. The summed E-state index contributed by atoms with van der Waals surface area (Å²) in [4.78, 5) is 10.2. The number of fused-ring (bicyclic) bond motifs is 6. The van der Waals surface area contributed by atoms with E-state index < -0.39 is 0 Å². The lowest BCUT2D eigenvalue weighted by Crippen LogP contribution is -2.10. The minimum absolute atomic E-state index is 0.101. The molecule has 4 heteroatoms. The zero-order chi connectivity index (χ0) is 43.5. The van der Waals surface area contributed by atoms with E-state index in [0.29, 0.717) is 5.92 Å². The van der Waals surface area contributed by atoms with E-state index in [1.807, 2.05) is 18.2 Å². The largest absolute Gasteiger partial charge is 0.309 e. The van der Waals surface area contributed by atoms with Crippen LogP contribution in [0.5, 0.6) is 0 Å². The molecule has 1 atom stereocenters. The van der Waals surface area contributed by atoms with Gasteiger partial charge in [-0.25, -0.2) is 9.97 Å². The number of hydrogen-bond donors (Lipinski definition) is 0. The molecule has 0 aliphatic heterocycles. The van der Waals surface area contributed by atoms with E-state index in [-0.39, 0.29) is 5.41 Å². The summed E-state index contributed by atoms with van der Waals surface area (Å²) in [5.74, 6) is 1.24. The summed E-state index contributed by atoms with van der Waals surface area (Å²) < 4.78 is 4.79. The normalized spacial score (nSPS) is 12.5. The SMILES string of the molecule is CCC(C)c1ccc(-c2cc(-c3ccc(-n4c5ccccc5c5cc(-c6ccc7c(c6)c6ccccc6n7-c6ccc(C(C)(C)C)cc6)ccc54)cc3)nc(-c3ccccc3)n2)cc1. The summed E-state index contributed by atoms with van der Waals surface area (Å²) in [6.45, 7) is 11.3. The van der Waals surface area contributed by atoms with Gasteiger partial charge in [0.15, 0.2) is 5.82 Å². The monoisotopic (exact) mass is 826 g/mol. The van der Waals surface area contributed by atoms with E-state index >= 15 is 0 Å². The molecule has 0 N–H and O–H groups in total. The average Bonchev–Trinajstić information content (AvgIpc) is 3.86. The molecule has 3 aromatic heterocycles. The molecule has 3 heterocycles. The van der Waals surface area contributed by atoms with E-state index in [2.05, 4.69) is 220 Å². The predicted octanol–water partition coefficient (Wildman–Crippen LogP) is 16.1. The van der Waals surface area contributed by atoms with Crippen molar-refractivity contribution in [1.29, 1.82) is 0 Å². The molecule has 0 fully saturated rings. The molecule has 310 valence electrons. The second-order valence-corrected chi connectivity index (χ2v) is 18.3. The molecule has 0 amide bonds. The minimum atomic E-state index is 0.101. The molecular formula is C60H50N4. The van der Waals surface area contributed by atoms with Gasteiger partial charge >= 0.3 is 0 Å². The van der Waals surface area contributed by atoms with Gasteiger partial charge in [-0.05, 0) is 107 Å². The Labute approximate surface area is 375 Å². The Morgan fingerprint density at radius 1 is 0.422 bits per heavy atom. The summed E-state index contributed by atoms with van der Waals surface area (Å²) >= 11 is 0. The van der Waals surface area contributed by atoms with Crippen LogP contribution in [0.2, 0.25) is 0 Å². The number of rotatable bonds is 8. The van der Waals surface area contributed by atoms with Gasteiger partial charge in [0.2, 0.25) is 0 Å². The minimum Gasteiger partial charge on any atom is -0.309 e. The third kappa shape index (κ3) is 6.87. The summed E-state index contributed by atoms with van der Waals surface area (Å²) in [6, 6.07) is 70.6. The highest BCUT2D eigenvalue weighted by Crippen LogP contribution is 2.39. The van der Waals surface area contributed by atoms with Gasteiger partial charge in [0.1, 0.15) is 0 Å². The fourth-order valence-corrected chi connectivity index (χ4v) is 9.43. The first kappa shape index (κ1) is 39.3. The molecule has 0 aliphatic rings. The number of benzene rings is 8. The van der Waals surface area contributed by atoms with Crippen molar-refractivity contribution in [2.24, 2.45) is 0 Å². The topological polar surface area (TPSA) is 35.6 Å². The van der Waals surface area contributed by atoms with Crippen LogP contribution in [0.4, 0.5) is 0 Å². The lowest BCUT2D eigenvalue weighted by Gasteiger charge is -2.19. The van der Waals surface area contributed by atoms with Crippen molar-refractivity contribution in [3.05, 3.63) is 205 Å². The molecule has 1 unspecified atom stereocenters. The average molecular weight is 827 g/mol. The standard InChI is InChI=1S/C60H50N4/c1-6-39(2)40-20-22-41(23-21-40)53-38-54(62-59(61-53)43-14-8-7-9-15-43)42-24-30-47(31-25-42)63-55-18-12-10-16-49(55)51-36-44(26-34-57(51)63)45-27-35-58-52(37-45)50-17-11-13-19-56(50)64(58)48-32-28-46(29-33-48)60(3,4)5/h7-39H,6H2,1-5H3. The Morgan fingerprint density at radius 2 is 0.859 bits per heavy atom. The van der Waals surface area contributed by atoms with Gasteiger partial charge in [0.05, 0.1) is 33.5 Å². The molecule has 0 saturated heterocycles. The molecule has 0 bridgehead atoms. The Bertz CT molecular complexity index is 3490. The second kappa shape index (κ2) is 15.7. The fraction of sp³-hybridized carbons (Fsp3) is 0.133. The van der Waals surface area contributed by atoms with E-state index in [1.54, 1.807) is 0 Å². The molecule has 0 aliphatic carbocycles. The number of nitrogens with zero attached hydrogens (tertiary/aromatic N) is 4. The zero-order valence-corrected chi connectivity index (χ0v) is 37.0. The molecule has 11 aromatic rings. The molecule has 11 rings (SSSR count). The van der Waals surface area contributed by atoms with Crippen molar-refractivity contribution >= 4 is 43.6 Å². The summed E-state index contributed by atoms with van der Waals surface area (Å²) in [7, 11) is 0. The Balaban J connectivity index is 0.974. The van der Waals surface area contributed by atoms with Crippen LogP contribution in [-0.2, 0) is 5.41 Å². The Morgan fingerprint density at radius 3 is 1.36 bits per heavy atom. The van der Waals surface area contributed by atoms with Crippen molar-refractivity contribution in [3.8, 4) is 56.4 Å². The van der Waals surface area contributed by atoms with Crippen LogP contribution in [0.3, 0.4) is 0 Å². The summed E-state index contributed by atoms with van der Waals surface area (Å²) in [5.41, 5.74) is 17.2. The van der Waals surface area contributed by atoms with Gasteiger partial charge in [0.25, 0.3) is 0 Å². The van der Waals surface area contributed by atoms with Crippen LogP contribution >= 0.6 is 0 Å². The van der Waals surface area contributed by atoms with Crippen LogP contribution in [-0.4, -0.2) is 19.1 Å². The van der Waals surface area contributed by atoms with E-state index in [1.165, 1.54) is 71.6 Å². The fourth-order valence-electron chi connectivity index (χ4n) is 9.43. The first-order valence-electron chi connectivity index (χ1n) is 22.6. The second-order valence-electron chi connectivity index (χ2n) is 18.3. The molecule has 64 heavy (non-hydrogen) atoms.